The number of aryl methyl sites for hydroxylation is 1. The minimum absolute atomic E-state index is 0.157. The van der Waals surface area contributed by atoms with Crippen LogP contribution in [0.5, 0.6) is 0 Å². The van der Waals surface area contributed by atoms with Gasteiger partial charge in [0.2, 0.25) is 0 Å². The lowest BCUT2D eigenvalue weighted by atomic mass is 10.1. The van der Waals surface area contributed by atoms with Crippen molar-refractivity contribution in [2.24, 2.45) is 7.05 Å². The highest BCUT2D eigenvalue weighted by molar-refractivity contribution is 5.90. The monoisotopic (exact) mass is 269 g/mol. The summed E-state index contributed by atoms with van der Waals surface area (Å²) < 4.78 is 6.65. The number of aliphatic hydroxyl groups excluding tert-OH is 1. The quantitative estimate of drug-likeness (QED) is 0.718. The third-order valence-corrected chi connectivity index (χ3v) is 2.87. The first kappa shape index (κ1) is 15.7. The van der Waals surface area contributed by atoms with Crippen molar-refractivity contribution in [3.05, 3.63) is 17.5 Å². The fraction of sp³-hybridized carbons (Fsp3) is 0.692. The highest BCUT2D eigenvalue weighted by Crippen LogP contribution is 2.10. The van der Waals surface area contributed by atoms with E-state index in [-0.39, 0.29) is 18.1 Å². The lowest BCUT2D eigenvalue weighted by molar-refractivity contribution is 0.0524. The number of hydrogen-bond acceptors (Lipinski definition) is 5. The van der Waals surface area contributed by atoms with Gasteiger partial charge in [0.05, 0.1) is 24.6 Å². The highest BCUT2D eigenvalue weighted by atomic mass is 16.5. The summed E-state index contributed by atoms with van der Waals surface area (Å²) in [5, 5.41) is 16.7. The average Bonchev–Trinajstić information content (AvgIpc) is 2.67. The second-order valence-corrected chi connectivity index (χ2v) is 4.72. The number of nitrogens with zero attached hydrogens (tertiary/aromatic N) is 2. The lowest BCUT2D eigenvalue weighted by Crippen LogP contribution is -2.30. The fourth-order valence-electron chi connectivity index (χ4n) is 1.92. The Balaban J connectivity index is 2.67. The molecule has 6 nitrogen and oxygen atoms in total. The van der Waals surface area contributed by atoms with Gasteiger partial charge in [-0.25, -0.2) is 4.79 Å². The first-order valence-corrected chi connectivity index (χ1v) is 6.55. The Bertz CT molecular complexity index is 415. The van der Waals surface area contributed by atoms with Crippen LogP contribution in [0.15, 0.2) is 6.20 Å². The molecule has 1 aromatic heterocycles. The maximum absolute atomic E-state index is 11.8. The first-order chi connectivity index (χ1) is 8.95. The van der Waals surface area contributed by atoms with Gasteiger partial charge in [-0.15, -0.1) is 0 Å². The van der Waals surface area contributed by atoms with Gasteiger partial charge in [0.25, 0.3) is 0 Å². The van der Waals surface area contributed by atoms with E-state index in [2.05, 4.69) is 10.4 Å². The third-order valence-electron chi connectivity index (χ3n) is 2.87. The number of carbonyl (C=O) groups excluding carboxylic acids is 1. The average molecular weight is 269 g/mol. The topological polar surface area (TPSA) is 76.4 Å². The standard InChI is InChI=1S/C13H23N3O3/c1-5-19-13(18)11-7-15-16(4)12(11)8-14-9(2)6-10(3)17/h7,9-10,14,17H,5-6,8H2,1-4H3. The predicted molar refractivity (Wildman–Crippen MR) is 71.8 cm³/mol. The zero-order valence-electron chi connectivity index (χ0n) is 12.0. The Labute approximate surface area is 113 Å². The molecular weight excluding hydrogens is 246 g/mol. The molecule has 19 heavy (non-hydrogen) atoms. The number of esters is 1. The molecule has 108 valence electrons. The van der Waals surface area contributed by atoms with Gasteiger partial charge in [0, 0.05) is 19.6 Å². The molecule has 0 fully saturated rings. The van der Waals surface area contributed by atoms with Crippen LogP contribution in [0.1, 0.15) is 43.2 Å². The molecule has 2 N–H and O–H groups in total. The van der Waals surface area contributed by atoms with Crippen molar-refractivity contribution in [1.82, 2.24) is 15.1 Å². The number of hydrogen-bond donors (Lipinski definition) is 2. The molecule has 1 aromatic rings. The molecule has 0 saturated heterocycles. The molecule has 0 radical (unpaired) electrons. The summed E-state index contributed by atoms with van der Waals surface area (Å²) in [5.74, 6) is -0.351. The van der Waals surface area contributed by atoms with E-state index >= 15 is 0 Å². The summed E-state index contributed by atoms with van der Waals surface area (Å²) in [6.07, 6.45) is 1.83. The van der Waals surface area contributed by atoms with Gasteiger partial charge in [-0.1, -0.05) is 0 Å². The molecule has 1 rings (SSSR count). The lowest BCUT2D eigenvalue weighted by Gasteiger charge is -2.16. The number of rotatable bonds is 7. The van der Waals surface area contributed by atoms with E-state index < -0.39 is 0 Å². The maximum Gasteiger partial charge on any atom is 0.341 e. The Hall–Kier alpha value is -1.40. The van der Waals surface area contributed by atoms with E-state index in [1.54, 1.807) is 25.6 Å². The van der Waals surface area contributed by atoms with Crippen LogP contribution in [0.4, 0.5) is 0 Å². The van der Waals surface area contributed by atoms with Crippen molar-refractivity contribution < 1.29 is 14.6 Å². The molecule has 0 spiro atoms. The van der Waals surface area contributed by atoms with E-state index in [0.29, 0.717) is 25.1 Å². The van der Waals surface area contributed by atoms with Gasteiger partial charge in [-0.3, -0.25) is 4.68 Å². The SMILES string of the molecule is CCOC(=O)c1cnn(C)c1CNC(C)CC(C)O. The molecule has 0 aromatic carbocycles. The molecular formula is C13H23N3O3. The molecule has 2 unspecified atom stereocenters. The van der Waals surface area contributed by atoms with Crippen molar-refractivity contribution in [1.29, 1.82) is 0 Å². The summed E-state index contributed by atoms with van der Waals surface area (Å²) in [7, 11) is 1.79. The molecule has 0 saturated carbocycles. The summed E-state index contributed by atoms with van der Waals surface area (Å²) in [6.45, 7) is 6.38. The van der Waals surface area contributed by atoms with Gasteiger partial charge in [0.1, 0.15) is 5.56 Å². The normalized spacial score (nSPS) is 14.2. The second-order valence-electron chi connectivity index (χ2n) is 4.72. The second kappa shape index (κ2) is 7.25. The maximum atomic E-state index is 11.8. The van der Waals surface area contributed by atoms with Crippen LogP contribution in [-0.2, 0) is 18.3 Å². The summed E-state index contributed by atoms with van der Waals surface area (Å²) in [6, 6.07) is 0.157. The largest absolute Gasteiger partial charge is 0.462 e. The van der Waals surface area contributed by atoms with Gasteiger partial charge < -0.3 is 15.2 Å². The molecule has 0 aliphatic carbocycles. The smallest absolute Gasteiger partial charge is 0.341 e. The zero-order valence-corrected chi connectivity index (χ0v) is 12.0. The molecule has 0 bridgehead atoms. The van der Waals surface area contributed by atoms with Crippen molar-refractivity contribution in [2.45, 2.75) is 45.9 Å². The van der Waals surface area contributed by atoms with Crippen molar-refractivity contribution >= 4 is 5.97 Å². The molecule has 1 heterocycles. The molecule has 0 amide bonds. The van der Waals surface area contributed by atoms with Crippen LogP contribution >= 0.6 is 0 Å². The fourth-order valence-corrected chi connectivity index (χ4v) is 1.92. The van der Waals surface area contributed by atoms with E-state index in [9.17, 15) is 9.90 Å². The molecule has 2 atom stereocenters. The summed E-state index contributed by atoms with van der Waals surface area (Å²) in [5.41, 5.74) is 1.27. The van der Waals surface area contributed by atoms with Gasteiger partial charge >= 0.3 is 5.97 Å². The Morgan fingerprint density at radius 3 is 2.84 bits per heavy atom. The van der Waals surface area contributed by atoms with Gasteiger partial charge in [-0.2, -0.15) is 5.10 Å². The van der Waals surface area contributed by atoms with Crippen LogP contribution in [0.2, 0.25) is 0 Å². The van der Waals surface area contributed by atoms with E-state index in [0.717, 1.165) is 5.69 Å². The van der Waals surface area contributed by atoms with Crippen molar-refractivity contribution in [2.75, 3.05) is 6.61 Å². The summed E-state index contributed by atoms with van der Waals surface area (Å²) in [4.78, 5) is 11.8. The van der Waals surface area contributed by atoms with Gasteiger partial charge in [-0.05, 0) is 27.2 Å². The number of aliphatic hydroxyl groups is 1. The van der Waals surface area contributed by atoms with Gasteiger partial charge in [0.15, 0.2) is 0 Å². The Morgan fingerprint density at radius 2 is 2.26 bits per heavy atom. The van der Waals surface area contributed by atoms with Crippen molar-refractivity contribution in [3.63, 3.8) is 0 Å². The number of aromatic nitrogens is 2. The third kappa shape index (κ3) is 4.65. The zero-order chi connectivity index (χ0) is 14.4. The number of ether oxygens (including phenoxy) is 1. The van der Waals surface area contributed by atoms with Crippen LogP contribution < -0.4 is 5.32 Å². The predicted octanol–water partition coefficient (Wildman–Crippen LogP) is 0.846. The Kier molecular flexibility index (Phi) is 5.98. The minimum atomic E-state index is -0.351. The number of nitrogens with one attached hydrogen (secondary N) is 1. The highest BCUT2D eigenvalue weighted by Gasteiger charge is 2.17. The molecule has 6 heteroatoms. The van der Waals surface area contributed by atoms with Crippen LogP contribution in [0.3, 0.4) is 0 Å². The summed E-state index contributed by atoms with van der Waals surface area (Å²) >= 11 is 0. The molecule has 0 aliphatic heterocycles. The van der Waals surface area contributed by atoms with E-state index in [4.69, 9.17) is 4.74 Å². The van der Waals surface area contributed by atoms with Crippen LogP contribution in [0, 0.1) is 0 Å². The van der Waals surface area contributed by atoms with Crippen LogP contribution in [0.25, 0.3) is 0 Å². The Morgan fingerprint density at radius 1 is 1.58 bits per heavy atom. The number of carbonyl (C=O) groups is 1. The molecule has 0 aliphatic rings. The van der Waals surface area contributed by atoms with Crippen LogP contribution in [-0.4, -0.2) is 39.6 Å². The minimum Gasteiger partial charge on any atom is -0.462 e. The van der Waals surface area contributed by atoms with E-state index in [1.807, 2.05) is 6.92 Å². The van der Waals surface area contributed by atoms with Crippen molar-refractivity contribution in [3.8, 4) is 0 Å². The van der Waals surface area contributed by atoms with E-state index in [1.165, 1.54) is 6.20 Å². The first-order valence-electron chi connectivity index (χ1n) is 6.55.